The molecule has 0 aliphatic carbocycles. The van der Waals surface area contributed by atoms with Crippen LogP contribution in [-0.2, 0) is 27.3 Å². The van der Waals surface area contributed by atoms with Crippen molar-refractivity contribution >= 4 is 23.5 Å². The number of hydrogen-bond donors (Lipinski definition) is 2. The molecule has 2 aromatic rings. The van der Waals surface area contributed by atoms with Gasteiger partial charge in [0.15, 0.2) is 0 Å². The fourth-order valence-electron chi connectivity index (χ4n) is 3.81. The number of carboxylic acids is 1. The summed E-state index contributed by atoms with van der Waals surface area (Å²) in [6.07, 6.45) is 0.304. The Morgan fingerprint density at radius 2 is 1.69 bits per heavy atom. The zero-order chi connectivity index (χ0) is 18.3. The topological polar surface area (TPSA) is 86.7 Å². The fourth-order valence-corrected chi connectivity index (χ4v) is 3.81. The number of hydrogen-bond acceptors (Lipinski definition) is 3. The molecule has 2 N–H and O–H groups in total. The van der Waals surface area contributed by atoms with Crippen LogP contribution in [0.1, 0.15) is 29.0 Å². The van der Waals surface area contributed by atoms with Gasteiger partial charge in [0.25, 0.3) is 0 Å². The van der Waals surface area contributed by atoms with Crippen molar-refractivity contribution in [1.82, 2.24) is 4.90 Å². The third-order valence-corrected chi connectivity index (χ3v) is 5.11. The maximum absolute atomic E-state index is 13.3. The summed E-state index contributed by atoms with van der Waals surface area (Å²) in [6, 6.07) is 13.8. The summed E-state index contributed by atoms with van der Waals surface area (Å²) in [5, 5.41) is 12.4. The van der Waals surface area contributed by atoms with E-state index in [4.69, 9.17) is 0 Å². The summed E-state index contributed by atoms with van der Waals surface area (Å²) in [7, 11) is 0. The van der Waals surface area contributed by atoms with Gasteiger partial charge in [-0.1, -0.05) is 42.5 Å². The summed E-state index contributed by atoms with van der Waals surface area (Å²) in [5.74, 6) is -2.23. The second-order valence-electron chi connectivity index (χ2n) is 6.69. The summed E-state index contributed by atoms with van der Waals surface area (Å²) in [6.45, 7) is 0.242. The van der Waals surface area contributed by atoms with E-state index in [-0.39, 0.29) is 31.2 Å². The summed E-state index contributed by atoms with van der Waals surface area (Å²) < 4.78 is 0. The Morgan fingerprint density at radius 1 is 1.00 bits per heavy atom. The largest absolute Gasteiger partial charge is 0.480 e. The number of amides is 2. The zero-order valence-electron chi connectivity index (χ0n) is 14.0. The fraction of sp³-hybridized carbons (Fsp3) is 0.250. The first-order chi connectivity index (χ1) is 12.5. The van der Waals surface area contributed by atoms with Crippen LogP contribution < -0.4 is 5.32 Å². The molecule has 2 aliphatic heterocycles. The molecule has 4 rings (SSSR count). The SMILES string of the molecule is O=C1C[C@H](C(=O)N2Cc3ccccc3C[C@@H]2C(=O)O)c2ccccc2N1. The van der Waals surface area contributed by atoms with E-state index in [2.05, 4.69) is 5.32 Å². The maximum Gasteiger partial charge on any atom is 0.326 e. The van der Waals surface area contributed by atoms with E-state index in [1.54, 1.807) is 12.1 Å². The summed E-state index contributed by atoms with van der Waals surface area (Å²) in [5.41, 5.74) is 3.25. The molecule has 0 aromatic heterocycles. The lowest BCUT2D eigenvalue weighted by atomic mass is 9.87. The molecule has 6 heteroatoms. The predicted octanol–water partition coefficient (Wildman–Crippen LogP) is 2.15. The molecule has 0 saturated heterocycles. The van der Waals surface area contributed by atoms with Gasteiger partial charge >= 0.3 is 5.97 Å². The minimum atomic E-state index is -1.03. The van der Waals surface area contributed by atoms with Gasteiger partial charge in [-0.05, 0) is 22.8 Å². The quantitative estimate of drug-likeness (QED) is 0.869. The highest BCUT2D eigenvalue weighted by Crippen LogP contribution is 2.35. The third-order valence-electron chi connectivity index (χ3n) is 5.11. The molecular weight excluding hydrogens is 332 g/mol. The average molecular weight is 350 g/mol. The minimum absolute atomic E-state index is 0.0281. The van der Waals surface area contributed by atoms with E-state index in [0.717, 1.165) is 16.7 Å². The molecule has 2 heterocycles. The Balaban J connectivity index is 1.71. The number of carboxylic acid groups (broad SMARTS) is 1. The number of nitrogens with zero attached hydrogens (tertiary/aromatic N) is 1. The molecule has 0 fully saturated rings. The van der Waals surface area contributed by atoms with Crippen LogP contribution in [0.5, 0.6) is 0 Å². The Bertz CT molecular complexity index is 908. The second-order valence-corrected chi connectivity index (χ2v) is 6.69. The highest BCUT2D eigenvalue weighted by molar-refractivity contribution is 6.01. The molecule has 0 bridgehead atoms. The van der Waals surface area contributed by atoms with Gasteiger partial charge in [-0.2, -0.15) is 0 Å². The van der Waals surface area contributed by atoms with E-state index in [1.807, 2.05) is 36.4 Å². The molecule has 2 aliphatic rings. The van der Waals surface area contributed by atoms with E-state index >= 15 is 0 Å². The summed E-state index contributed by atoms with van der Waals surface area (Å²) in [4.78, 5) is 38.5. The number of aliphatic carboxylic acids is 1. The van der Waals surface area contributed by atoms with Crippen molar-refractivity contribution in [3.8, 4) is 0 Å². The Morgan fingerprint density at radius 3 is 2.46 bits per heavy atom. The van der Waals surface area contributed by atoms with E-state index in [0.29, 0.717) is 5.69 Å². The number of fused-ring (bicyclic) bond motifs is 2. The van der Waals surface area contributed by atoms with Gasteiger partial charge in [-0.15, -0.1) is 0 Å². The normalized spacial score (nSPS) is 21.4. The highest BCUT2D eigenvalue weighted by atomic mass is 16.4. The average Bonchev–Trinajstić information content (AvgIpc) is 2.65. The standard InChI is InChI=1S/C20H18N2O4/c23-18-10-15(14-7-3-4-8-16(14)21-18)19(24)22-11-13-6-2-1-5-12(13)9-17(22)20(25)26/h1-8,15,17H,9-11H2,(H,21,23)(H,25,26)/t15-,17+/m0/s1. The molecule has 2 amide bonds. The van der Waals surface area contributed by atoms with Crippen LogP contribution in [0.25, 0.3) is 0 Å². The lowest BCUT2D eigenvalue weighted by molar-refractivity contribution is -0.152. The van der Waals surface area contributed by atoms with Crippen LogP contribution >= 0.6 is 0 Å². The molecule has 0 unspecified atom stereocenters. The van der Waals surface area contributed by atoms with Crippen LogP contribution in [0.4, 0.5) is 5.69 Å². The van der Waals surface area contributed by atoms with Gasteiger partial charge in [0, 0.05) is 25.1 Å². The molecule has 6 nitrogen and oxygen atoms in total. The van der Waals surface area contributed by atoms with Crippen LogP contribution in [0.15, 0.2) is 48.5 Å². The van der Waals surface area contributed by atoms with Crippen molar-refractivity contribution in [2.24, 2.45) is 0 Å². The number of benzene rings is 2. The monoisotopic (exact) mass is 350 g/mol. The number of nitrogens with one attached hydrogen (secondary N) is 1. The third kappa shape index (κ3) is 2.73. The van der Waals surface area contributed by atoms with Crippen molar-refractivity contribution in [1.29, 1.82) is 0 Å². The van der Waals surface area contributed by atoms with Crippen LogP contribution in [0, 0.1) is 0 Å². The molecular formula is C20H18N2O4. The van der Waals surface area contributed by atoms with Crippen LogP contribution in [0.3, 0.4) is 0 Å². The highest BCUT2D eigenvalue weighted by Gasteiger charge is 2.40. The van der Waals surface area contributed by atoms with Crippen molar-refractivity contribution in [2.75, 3.05) is 5.32 Å². The number of carbonyl (C=O) groups is 3. The van der Waals surface area contributed by atoms with Crippen LogP contribution in [0.2, 0.25) is 0 Å². The minimum Gasteiger partial charge on any atom is -0.480 e. The van der Waals surface area contributed by atoms with Crippen molar-refractivity contribution in [2.45, 2.75) is 31.3 Å². The van der Waals surface area contributed by atoms with Gasteiger partial charge in [0.1, 0.15) is 6.04 Å². The van der Waals surface area contributed by atoms with E-state index in [1.165, 1.54) is 4.90 Å². The maximum atomic E-state index is 13.3. The van der Waals surface area contributed by atoms with Gasteiger partial charge < -0.3 is 15.3 Å². The first-order valence-corrected chi connectivity index (χ1v) is 8.53. The Labute approximate surface area is 150 Å². The first kappa shape index (κ1) is 16.3. The molecule has 26 heavy (non-hydrogen) atoms. The Kier molecular flexibility index (Phi) is 3.95. The zero-order valence-corrected chi connectivity index (χ0v) is 14.0. The van der Waals surface area contributed by atoms with Crippen molar-refractivity contribution < 1.29 is 19.5 Å². The molecule has 0 radical (unpaired) electrons. The van der Waals surface area contributed by atoms with Crippen LogP contribution in [-0.4, -0.2) is 33.8 Å². The lowest BCUT2D eigenvalue weighted by Gasteiger charge is -2.37. The molecule has 2 atom stereocenters. The van der Waals surface area contributed by atoms with Gasteiger partial charge in [0.2, 0.25) is 11.8 Å². The van der Waals surface area contributed by atoms with Gasteiger partial charge in [-0.3, -0.25) is 9.59 Å². The lowest BCUT2D eigenvalue weighted by Crippen LogP contribution is -2.51. The second kappa shape index (κ2) is 6.29. The predicted molar refractivity (Wildman–Crippen MR) is 94.5 cm³/mol. The first-order valence-electron chi connectivity index (χ1n) is 8.53. The van der Waals surface area contributed by atoms with Gasteiger partial charge in [0.05, 0.1) is 5.92 Å². The number of carbonyl (C=O) groups excluding carboxylic acids is 2. The number of rotatable bonds is 2. The number of para-hydroxylation sites is 1. The van der Waals surface area contributed by atoms with Crippen molar-refractivity contribution in [3.63, 3.8) is 0 Å². The van der Waals surface area contributed by atoms with E-state index < -0.39 is 17.9 Å². The summed E-state index contributed by atoms with van der Waals surface area (Å²) >= 11 is 0. The smallest absolute Gasteiger partial charge is 0.326 e. The van der Waals surface area contributed by atoms with Gasteiger partial charge in [-0.25, -0.2) is 4.79 Å². The number of anilines is 1. The molecule has 0 spiro atoms. The Hall–Kier alpha value is -3.15. The molecule has 0 saturated carbocycles. The van der Waals surface area contributed by atoms with E-state index in [9.17, 15) is 19.5 Å². The molecule has 2 aromatic carbocycles. The van der Waals surface area contributed by atoms with Crippen molar-refractivity contribution in [3.05, 3.63) is 65.2 Å². The molecule has 132 valence electrons.